The summed E-state index contributed by atoms with van der Waals surface area (Å²) in [5.41, 5.74) is -3.37. The molecular formula is C17H11BrClF3N2O2. The summed E-state index contributed by atoms with van der Waals surface area (Å²) in [4.78, 5) is 12.8. The van der Waals surface area contributed by atoms with Crippen molar-refractivity contribution in [2.75, 3.05) is 0 Å². The van der Waals surface area contributed by atoms with E-state index in [-0.39, 0.29) is 11.1 Å². The molecule has 0 unspecified atom stereocenters. The molecule has 26 heavy (non-hydrogen) atoms. The van der Waals surface area contributed by atoms with Crippen LogP contribution in [0.1, 0.15) is 22.3 Å². The van der Waals surface area contributed by atoms with Crippen LogP contribution in [0.15, 0.2) is 58.1 Å². The highest BCUT2D eigenvalue weighted by Gasteiger charge is 2.53. The predicted molar refractivity (Wildman–Crippen MR) is 93.8 cm³/mol. The molecule has 136 valence electrons. The van der Waals surface area contributed by atoms with Gasteiger partial charge in [0.2, 0.25) is 0 Å². The molecule has 0 aromatic heterocycles. The second kappa shape index (κ2) is 6.68. The third-order valence-electron chi connectivity index (χ3n) is 3.92. The van der Waals surface area contributed by atoms with Crippen LogP contribution < -0.4 is 0 Å². The molecule has 1 aliphatic heterocycles. The van der Waals surface area contributed by atoms with Crippen LogP contribution in [0.5, 0.6) is 0 Å². The molecule has 4 nitrogen and oxygen atoms in total. The Bertz CT molecular complexity index is 886. The lowest BCUT2D eigenvalue weighted by Gasteiger charge is -2.31. The third kappa shape index (κ3) is 3.36. The van der Waals surface area contributed by atoms with E-state index in [2.05, 4.69) is 21.0 Å². The molecule has 1 atom stereocenters. The van der Waals surface area contributed by atoms with Gasteiger partial charge in [0.25, 0.3) is 5.91 Å². The second-order valence-electron chi connectivity index (χ2n) is 5.64. The molecule has 0 fully saturated rings. The Morgan fingerprint density at radius 1 is 1.19 bits per heavy atom. The molecule has 1 N–H and O–H groups in total. The van der Waals surface area contributed by atoms with E-state index < -0.39 is 29.9 Å². The number of amides is 1. The van der Waals surface area contributed by atoms with Gasteiger partial charge in [-0.2, -0.15) is 23.3 Å². The summed E-state index contributed by atoms with van der Waals surface area (Å²) in [6.45, 7) is 0. The van der Waals surface area contributed by atoms with Gasteiger partial charge in [0.05, 0.1) is 12.0 Å². The van der Waals surface area contributed by atoms with Gasteiger partial charge >= 0.3 is 6.18 Å². The maximum atomic E-state index is 13.2. The topological polar surface area (TPSA) is 52.9 Å². The third-order valence-corrected chi connectivity index (χ3v) is 4.86. The van der Waals surface area contributed by atoms with Crippen molar-refractivity contribution in [3.63, 3.8) is 0 Å². The van der Waals surface area contributed by atoms with Gasteiger partial charge in [0.15, 0.2) is 5.72 Å². The smallest absolute Gasteiger partial charge is 0.365 e. The quantitative estimate of drug-likeness (QED) is 0.725. The van der Waals surface area contributed by atoms with Crippen LogP contribution >= 0.6 is 27.5 Å². The van der Waals surface area contributed by atoms with Gasteiger partial charge in [-0.25, -0.2) is 0 Å². The maximum Gasteiger partial charge on any atom is 0.431 e. The maximum absolute atomic E-state index is 13.2. The van der Waals surface area contributed by atoms with Crippen molar-refractivity contribution < 1.29 is 23.1 Å². The van der Waals surface area contributed by atoms with E-state index in [1.54, 1.807) is 18.2 Å². The fourth-order valence-corrected chi connectivity index (χ4v) is 3.19. The van der Waals surface area contributed by atoms with Crippen molar-refractivity contribution in [3.05, 3.63) is 69.2 Å². The van der Waals surface area contributed by atoms with E-state index in [4.69, 9.17) is 11.6 Å². The molecule has 3 rings (SSSR count). The molecule has 0 radical (unpaired) electrons. The Hall–Kier alpha value is -1.90. The Labute approximate surface area is 160 Å². The second-order valence-corrected chi connectivity index (χ2v) is 6.93. The lowest BCUT2D eigenvalue weighted by atomic mass is 9.96. The van der Waals surface area contributed by atoms with Crippen molar-refractivity contribution in [2.24, 2.45) is 5.10 Å². The molecule has 0 bridgehead atoms. The van der Waals surface area contributed by atoms with E-state index in [1.165, 1.54) is 30.3 Å². The minimum atomic E-state index is -4.77. The van der Waals surface area contributed by atoms with Crippen LogP contribution in [-0.2, 0) is 5.72 Å². The molecule has 2 aromatic carbocycles. The SMILES string of the molecule is O=C(c1ccccc1Br)N1N=C(C(F)(F)F)C[C@@]1(O)c1ccc(Cl)cc1. The van der Waals surface area contributed by atoms with Crippen LogP contribution in [0.2, 0.25) is 5.02 Å². The first-order chi connectivity index (χ1) is 12.1. The van der Waals surface area contributed by atoms with E-state index in [0.717, 1.165) is 0 Å². The molecule has 1 heterocycles. The minimum absolute atomic E-state index is 0.0744. The number of carbonyl (C=O) groups excluding carboxylic acids is 1. The molecule has 0 saturated heterocycles. The number of benzene rings is 2. The van der Waals surface area contributed by atoms with Crippen LogP contribution in [0.25, 0.3) is 0 Å². The molecule has 1 aliphatic rings. The molecule has 1 amide bonds. The number of carbonyl (C=O) groups is 1. The number of hydrazone groups is 1. The number of rotatable bonds is 2. The highest BCUT2D eigenvalue weighted by molar-refractivity contribution is 9.10. The highest BCUT2D eigenvalue weighted by atomic mass is 79.9. The molecule has 0 aliphatic carbocycles. The molecule has 9 heteroatoms. The minimum Gasteiger partial charge on any atom is -0.365 e. The zero-order chi connectivity index (χ0) is 19.1. The monoisotopic (exact) mass is 446 g/mol. The van der Waals surface area contributed by atoms with Gasteiger partial charge in [-0.15, -0.1) is 0 Å². The Balaban J connectivity index is 2.10. The Morgan fingerprint density at radius 3 is 2.38 bits per heavy atom. The number of halogens is 5. The lowest BCUT2D eigenvalue weighted by molar-refractivity contribution is -0.0816. The van der Waals surface area contributed by atoms with Gasteiger partial charge in [-0.1, -0.05) is 35.9 Å². The van der Waals surface area contributed by atoms with Crippen molar-refractivity contribution in [1.82, 2.24) is 5.01 Å². The van der Waals surface area contributed by atoms with Crippen molar-refractivity contribution in [3.8, 4) is 0 Å². The average Bonchev–Trinajstić information content (AvgIpc) is 2.94. The van der Waals surface area contributed by atoms with Crippen molar-refractivity contribution in [2.45, 2.75) is 18.3 Å². The van der Waals surface area contributed by atoms with Gasteiger partial charge in [0, 0.05) is 15.1 Å². The summed E-state index contributed by atoms with van der Waals surface area (Å²) < 4.78 is 40.0. The summed E-state index contributed by atoms with van der Waals surface area (Å²) in [6, 6.07) is 11.8. The number of aliphatic hydroxyl groups is 1. The normalized spacial score (nSPS) is 20.2. The van der Waals surface area contributed by atoms with Gasteiger partial charge < -0.3 is 5.11 Å². The van der Waals surface area contributed by atoms with Crippen LogP contribution in [0.4, 0.5) is 13.2 Å². The van der Waals surface area contributed by atoms with E-state index in [0.29, 0.717) is 14.5 Å². The first-order valence-electron chi connectivity index (χ1n) is 7.35. The number of hydrogen-bond donors (Lipinski definition) is 1. The summed E-state index contributed by atoms with van der Waals surface area (Å²) in [7, 11) is 0. The fraction of sp³-hybridized carbons (Fsp3) is 0.176. The number of nitrogens with zero attached hydrogens (tertiary/aromatic N) is 2. The number of alkyl halides is 3. The first kappa shape index (κ1) is 18.9. The first-order valence-corrected chi connectivity index (χ1v) is 8.52. The Kier molecular flexibility index (Phi) is 4.85. The Morgan fingerprint density at radius 2 is 1.81 bits per heavy atom. The summed E-state index contributed by atoms with van der Waals surface area (Å²) in [5.74, 6) is -0.867. The zero-order valence-electron chi connectivity index (χ0n) is 13.0. The summed E-state index contributed by atoms with van der Waals surface area (Å²) in [5, 5.41) is 15.2. The van der Waals surface area contributed by atoms with E-state index >= 15 is 0 Å². The molecule has 2 aromatic rings. The molecular weight excluding hydrogens is 437 g/mol. The van der Waals surface area contributed by atoms with Crippen molar-refractivity contribution in [1.29, 1.82) is 0 Å². The standard InChI is InChI=1S/C17H11BrClF3N2O2/c18-13-4-2-1-3-12(13)15(25)24-16(26,9-14(23-24)17(20,21)22)10-5-7-11(19)8-6-10/h1-8,26H,9H2/t16-/m1/s1. The lowest BCUT2D eigenvalue weighted by Crippen LogP contribution is -2.43. The molecule has 0 spiro atoms. The summed E-state index contributed by atoms with van der Waals surface area (Å²) in [6.07, 6.45) is -5.66. The van der Waals surface area contributed by atoms with E-state index in [9.17, 15) is 23.1 Å². The van der Waals surface area contributed by atoms with Crippen LogP contribution in [-0.4, -0.2) is 27.9 Å². The zero-order valence-corrected chi connectivity index (χ0v) is 15.3. The van der Waals surface area contributed by atoms with Crippen LogP contribution in [0, 0.1) is 0 Å². The van der Waals surface area contributed by atoms with Gasteiger partial charge in [-0.3, -0.25) is 4.79 Å². The predicted octanol–water partition coefficient (Wildman–Crippen LogP) is 4.71. The average molecular weight is 448 g/mol. The number of hydrogen-bond acceptors (Lipinski definition) is 3. The van der Waals surface area contributed by atoms with Gasteiger partial charge in [0.1, 0.15) is 5.71 Å². The summed E-state index contributed by atoms with van der Waals surface area (Å²) >= 11 is 8.99. The van der Waals surface area contributed by atoms with Gasteiger partial charge in [-0.05, 0) is 40.2 Å². The largest absolute Gasteiger partial charge is 0.431 e. The molecule has 0 saturated carbocycles. The van der Waals surface area contributed by atoms with E-state index in [1.807, 2.05) is 0 Å². The van der Waals surface area contributed by atoms with Crippen molar-refractivity contribution >= 4 is 39.1 Å². The fourth-order valence-electron chi connectivity index (χ4n) is 2.61. The van der Waals surface area contributed by atoms with Crippen LogP contribution in [0.3, 0.4) is 0 Å². The highest BCUT2D eigenvalue weighted by Crippen LogP contribution is 2.41.